The van der Waals surface area contributed by atoms with E-state index in [1.165, 1.54) is 16.7 Å². The number of carbonyl (C=O) groups excluding carboxylic acids is 1. The van der Waals surface area contributed by atoms with Crippen LogP contribution in [0.3, 0.4) is 0 Å². The molecule has 0 spiro atoms. The molecule has 1 rings (SSSR count). The van der Waals surface area contributed by atoms with Crippen LogP contribution in [0.2, 0.25) is 0 Å². The smallest absolute Gasteiger partial charge is 0.327 e. The highest BCUT2D eigenvalue weighted by Gasteiger charge is 2.39. The van der Waals surface area contributed by atoms with Crippen LogP contribution in [-0.4, -0.2) is 45.6 Å². The topological polar surface area (TPSA) is 83.6 Å². The van der Waals surface area contributed by atoms with Crippen LogP contribution in [0.1, 0.15) is 33.6 Å². The van der Waals surface area contributed by atoms with Crippen LogP contribution in [0, 0.1) is 11.8 Å². The quantitative estimate of drug-likeness (QED) is 0.771. The first-order valence-electron chi connectivity index (χ1n) is 6.72. The predicted molar refractivity (Wildman–Crippen MR) is 76.8 cm³/mol. The van der Waals surface area contributed by atoms with Crippen molar-refractivity contribution in [2.45, 2.75) is 45.0 Å². The minimum Gasteiger partial charge on any atom is -0.480 e. The predicted octanol–water partition coefficient (Wildman–Crippen LogP) is 1.37. The van der Waals surface area contributed by atoms with Gasteiger partial charge < -0.3 is 15.7 Å². The number of nitrogens with two attached hydrogens (primary N) is 1. The Morgan fingerprint density at radius 3 is 2.58 bits per heavy atom. The van der Waals surface area contributed by atoms with Crippen molar-refractivity contribution in [3.63, 3.8) is 0 Å². The zero-order valence-corrected chi connectivity index (χ0v) is 12.7. The van der Waals surface area contributed by atoms with E-state index in [0.717, 1.165) is 6.42 Å². The number of carbonyl (C=O) groups is 2. The summed E-state index contributed by atoms with van der Waals surface area (Å²) in [5.74, 6) is 0.0980. The summed E-state index contributed by atoms with van der Waals surface area (Å²) in [6, 6.07) is -0.690. The van der Waals surface area contributed by atoms with Crippen molar-refractivity contribution in [2.24, 2.45) is 17.6 Å². The lowest BCUT2D eigenvalue weighted by atomic mass is 9.93. The van der Waals surface area contributed by atoms with E-state index in [0.29, 0.717) is 24.6 Å². The molecular weight excluding hydrogens is 264 g/mol. The van der Waals surface area contributed by atoms with Gasteiger partial charge in [-0.25, -0.2) is 4.79 Å². The number of carboxylic acids is 1. The Balaban J connectivity index is 2.67. The monoisotopic (exact) mass is 288 g/mol. The second-order valence-electron chi connectivity index (χ2n) is 5.52. The maximum atomic E-state index is 12.3. The van der Waals surface area contributed by atoms with Crippen LogP contribution < -0.4 is 5.73 Å². The molecule has 3 N–H and O–H groups in total. The summed E-state index contributed by atoms with van der Waals surface area (Å²) in [6.45, 7) is 6.55. The SMILES string of the molecule is CC(C)CC(CN)CC(=O)N1C(C)SCC1C(=O)O. The van der Waals surface area contributed by atoms with Gasteiger partial charge >= 0.3 is 5.97 Å². The summed E-state index contributed by atoms with van der Waals surface area (Å²) in [6.07, 6.45) is 1.25. The van der Waals surface area contributed by atoms with Crippen molar-refractivity contribution in [2.75, 3.05) is 12.3 Å². The molecule has 3 unspecified atom stereocenters. The first kappa shape index (κ1) is 16.3. The molecule has 6 heteroatoms. The zero-order chi connectivity index (χ0) is 14.6. The van der Waals surface area contributed by atoms with Crippen LogP contribution in [0.15, 0.2) is 0 Å². The zero-order valence-electron chi connectivity index (χ0n) is 11.8. The van der Waals surface area contributed by atoms with E-state index in [2.05, 4.69) is 13.8 Å². The number of aliphatic carboxylic acids is 1. The Morgan fingerprint density at radius 1 is 1.47 bits per heavy atom. The maximum absolute atomic E-state index is 12.3. The average Bonchev–Trinajstić information content (AvgIpc) is 2.69. The number of hydrogen-bond donors (Lipinski definition) is 2. The summed E-state index contributed by atoms with van der Waals surface area (Å²) in [7, 11) is 0. The number of amides is 1. The molecule has 3 atom stereocenters. The molecule has 5 nitrogen and oxygen atoms in total. The summed E-state index contributed by atoms with van der Waals surface area (Å²) in [5.41, 5.74) is 5.70. The van der Waals surface area contributed by atoms with Crippen LogP contribution in [0.25, 0.3) is 0 Å². The third-order valence-corrected chi connectivity index (χ3v) is 4.61. The number of rotatable bonds is 6. The summed E-state index contributed by atoms with van der Waals surface area (Å²) in [4.78, 5) is 25.0. The largest absolute Gasteiger partial charge is 0.480 e. The van der Waals surface area contributed by atoms with E-state index in [-0.39, 0.29) is 17.2 Å². The molecular formula is C13H24N2O3S. The normalized spacial score (nSPS) is 24.8. The fourth-order valence-electron chi connectivity index (χ4n) is 2.49. The van der Waals surface area contributed by atoms with Crippen molar-refractivity contribution >= 4 is 23.6 Å². The third-order valence-electron chi connectivity index (χ3n) is 3.40. The lowest BCUT2D eigenvalue weighted by Crippen LogP contribution is -2.45. The lowest BCUT2D eigenvalue weighted by Gasteiger charge is -2.27. The van der Waals surface area contributed by atoms with Crippen molar-refractivity contribution in [3.05, 3.63) is 0 Å². The first-order chi connectivity index (χ1) is 8.86. The van der Waals surface area contributed by atoms with Gasteiger partial charge in [0.2, 0.25) is 5.91 Å². The highest BCUT2D eigenvalue weighted by molar-refractivity contribution is 8.00. The van der Waals surface area contributed by atoms with E-state index in [1.807, 2.05) is 6.92 Å². The molecule has 19 heavy (non-hydrogen) atoms. The van der Waals surface area contributed by atoms with E-state index in [4.69, 9.17) is 10.8 Å². The van der Waals surface area contributed by atoms with Crippen molar-refractivity contribution in [1.82, 2.24) is 4.90 Å². The molecule has 1 aliphatic rings. The lowest BCUT2D eigenvalue weighted by molar-refractivity contribution is -0.149. The minimum atomic E-state index is -0.918. The molecule has 0 saturated carbocycles. The number of nitrogens with zero attached hydrogens (tertiary/aromatic N) is 1. The van der Waals surface area contributed by atoms with Gasteiger partial charge in [-0.1, -0.05) is 13.8 Å². The first-order valence-corrected chi connectivity index (χ1v) is 7.77. The van der Waals surface area contributed by atoms with E-state index in [1.54, 1.807) is 0 Å². The van der Waals surface area contributed by atoms with E-state index >= 15 is 0 Å². The van der Waals surface area contributed by atoms with E-state index < -0.39 is 12.0 Å². The fourth-order valence-corrected chi connectivity index (χ4v) is 3.68. The Hall–Kier alpha value is -0.750. The molecule has 0 aromatic carbocycles. The van der Waals surface area contributed by atoms with Gasteiger partial charge in [0.05, 0.1) is 5.37 Å². The van der Waals surface area contributed by atoms with Crippen molar-refractivity contribution in [1.29, 1.82) is 0 Å². The molecule has 1 amide bonds. The molecule has 1 saturated heterocycles. The Morgan fingerprint density at radius 2 is 2.11 bits per heavy atom. The molecule has 0 aromatic rings. The molecule has 0 aromatic heterocycles. The third kappa shape index (κ3) is 4.38. The van der Waals surface area contributed by atoms with Crippen LogP contribution in [0.4, 0.5) is 0 Å². The van der Waals surface area contributed by atoms with Gasteiger partial charge in [0.15, 0.2) is 0 Å². The van der Waals surface area contributed by atoms with Crippen LogP contribution in [-0.2, 0) is 9.59 Å². The van der Waals surface area contributed by atoms with Crippen LogP contribution in [0.5, 0.6) is 0 Å². The molecule has 1 heterocycles. The van der Waals surface area contributed by atoms with Crippen LogP contribution >= 0.6 is 11.8 Å². The van der Waals surface area contributed by atoms with Gasteiger partial charge in [0.25, 0.3) is 0 Å². The number of hydrogen-bond acceptors (Lipinski definition) is 4. The van der Waals surface area contributed by atoms with Gasteiger partial charge in [-0.3, -0.25) is 4.79 Å². The van der Waals surface area contributed by atoms with Gasteiger partial charge in [0.1, 0.15) is 6.04 Å². The van der Waals surface area contributed by atoms with Gasteiger partial charge in [0, 0.05) is 12.2 Å². The Kier molecular flexibility index (Phi) is 6.13. The summed E-state index contributed by atoms with van der Waals surface area (Å²) < 4.78 is 0. The minimum absolute atomic E-state index is 0.0638. The second kappa shape index (κ2) is 7.14. The van der Waals surface area contributed by atoms with Crippen molar-refractivity contribution in [3.8, 4) is 0 Å². The number of thioether (sulfide) groups is 1. The van der Waals surface area contributed by atoms with Gasteiger partial charge in [-0.15, -0.1) is 11.8 Å². The van der Waals surface area contributed by atoms with E-state index in [9.17, 15) is 9.59 Å². The molecule has 1 aliphatic heterocycles. The maximum Gasteiger partial charge on any atom is 0.327 e. The van der Waals surface area contributed by atoms with Gasteiger partial charge in [-0.05, 0) is 31.7 Å². The van der Waals surface area contributed by atoms with Crippen molar-refractivity contribution < 1.29 is 14.7 Å². The highest BCUT2D eigenvalue weighted by Crippen LogP contribution is 2.30. The Bertz CT molecular complexity index is 336. The molecule has 0 radical (unpaired) electrons. The average molecular weight is 288 g/mol. The summed E-state index contributed by atoms with van der Waals surface area (Å²) >= 11 is 1.51. The molecule has 0 aliphatic carbocycles. The second-order valence-corrected chi connectivity index (χ2v) is 6.87. The molecule has 0 bridgehead atoms. The molecule has 1 fully saturated rings. The Labute approximate surface area is 118 Å². The fraction of sp³-hybridized carbons (Fsp3) is 0.846. The van der Waals surface area contributed by atoms with Gasteiger partial charge in [-0.2, -0.15) is 0 Å². The standard InChI is InChI=1S/C13H24N2O3S/c1-8(2)4-10(6-14)5-12(16)15-9(3)19-7-11(15)13(17)18/h8-11H,4-7,14H2,1-3H3,(H,17,18). The summed E-state index contributed by atoms with van der Waals surface area (Å²) in [5, 5.41) is 9.09. The highest BCUT2D eigenvalue weighted by atomic mass is 32.2. The number of carboxylic acid groups (broad SMARTS) is 1. The molecule has 110 valence electrons.